The summed E-state index contributed by atoms with van der Waals surface area (Å²) in [6.07, 6.45) is 2.24. The highest BCUT2D eigenvalue weighted by atomic mass is 19.1. The van der Waals surface area contributed by atoms with Crippen LogP contribution >= 0.6 is 0 Å². The zero-order valence-electron chi connectivity index (χ0n) is 18.2. The summed E-state index contributed by atoms with van der Waals surface area (Å²) in [6, 6.07) is 1.85. The number of carbonyl (C=O) groups is 1. The third kappa shape index (κ3) is 4.97. The Kier molecular flexibility index (Phi) is 6.70. The molecule has 0 spiro atoms. The van der Waals surface area contributed by atoms with E-state index in [-0.39, 0.29) is 17.7 Å². The molecule has 0 bridgehead atoms. The zero-order chi connectivity index (χ0) is 24.2. The summed E-state index contributed by atoms with van der Waals surface area (Å²) in [5.41, 5.74) is 1.07. The molecule has 1 aromatic carbocycles. The molecule has 0 radical (unpaired) electrons. The Hall–Kier alpha value is -4.03. The first-order chi connectivity index (χ1) is 16.4. The maximum atomic E-state index is 14.3. The summed E-state index contributed by atoms with van der Waals surface area (Å²) < 4.78 is 41.5. The molecule has 0 saturated carbocycles. The number of hydrogen-bond donors (Lipinski definition) is 3. The lowest BCUT2D eigenvalue weighted by Gasteiger charge is -2.35. The number of H-pyrrole nitrogens is 1. The third-order valence-electron chi connectivity index (χ3n) is 5.47. The molecule has 1 aliphatic rings. The monoisotopic (exact) mass is 473 g/mol. The highest BCUT2D eigenvalue weighted by Gasteiger charge is 2.26. The molecule has 3 aromatic rings. The van der Waals surface area contributed by atoms with Gasteiger partial charge in [0.05, 0.1) is 17.9 Å². The fourth-order valence-corrected chi connectivity index (χ4v) is 3.71. The van der Waals surface area contributed by atoms with Crippen molar-refractivity contribution in [3.63, 3.8) is 0 Å². The van der Waals surface area contributed by atoms with Crippen molar-refractivity contribution in [3.8, 4) is 11.4 Å². The van der Waals surface area contributed by atoms with E-state index in [1.54, 1.807) is 11.8 Å². The summed E-state index contributed by atoms with van der Waals surface area (Å²) in [7, 11) is 0. The van der Waals surface area contributed by atoms with Crippen LogP contribution in [-0.4, -0.2) is 68.7 Å². The maximum absolute atomic E-state index is 14.3. The van der Waals surface area contributed by atoms with Gasteiger partial charge in [-0.05, 0) is 30.8 Å². The highest BCUT2D eigenvalue weighted by Crippen LogP contribution is 2.23. The largest absolute Gasteiger partial charge is 0.337 e. The highest BCUT2D eigenvalue weighted by molar-refractivity contribution is 5.75. The molecule has 4 rings (SSSR count). The average molecular weight is 473 g/mol. The first-order valence-electron chi connectivity index (χ1n) is 10.5. The van der Waals surface area contributed by atoms with Gasteiger partial charge in [0.15, 0.2) is 5.82 Å². The molecule has 13 heteroatoms. The van der Waals surface area contributed by atoms with Gasteiger partial charge in [0.2, 0.25) is 5.95 Å². The van der Waals surface area contributed by atoms with Crippen molar-refractivity contribution in [1.29, 1.82) is 5.41 Å². The molecule has 0 aliphatic carbocycles. The summed E-state index contributed by atoms with van der Waals surface area (Å²) in [4.78, 5) is 24.5. The Balaban J connectivity index is 1.42. The van der Waals surface area contributed by atoms with Crippen molar-refractivity contribution in [2.75, 3.05) is 31.1 Å². The van der Waals surface area contributed by atoms with Crippen molar-refractivity contribution in [2.24, 2.45) is 0 Å². The van der Waals surface area contributed by atoms with Crippen LogP contribution in [0.15, 0.2) is 24.4 Å². The Morgan fingerprint density at radius 1 is 1.15 bits per heavy atom. The molecule has 2 amide bonds. The Morgan fingerprint density at radius 2 is 1.85 bits per heavy atom. The number of aromatic amines is 1. The zero-order valence-corrected chi connectivity index (χ0v) is 18.2. The number of anilines is 1. The normalized spacial score (nSPS) is 14.7. The summed E-state index contributed by atoms with van der Waals surface area (Å²) >= 11 is 0. The number of hydrogen-bond acceptors (Lipinski definition) is 7. The van der Waals surface area contributed by atoms with Crippen molar-refractivity contribution in [3.05, 3.63) is 53.1 Å². The number of nitrogens with zero attached hydrogens (tertiary/aromatic N) is 6. The first kappa shape index (κ1) is 23.1. The topological polar surface area (TPSA) is 127 Å². The summed E-state index contributed by atoms with van der Waals surface area (Å²) in [5, 5.41) is 20.4. The van der Waals surface area contributed by atoms with Gasteiger partial charge in [-0.15, -0.1) is 0 Å². The molecule has 1 aliphatic heterocycles. The van der Waals surface area contributed by atoms with Crippen LogP contribution in [0.2, 0.25) is 0 Å². The molecule has 34 heavy (non-hydrogen) atoms. The van der Waals surface area contributed by atoms with Gasteiger partial charge in [-0.3, -0.25) is 0 Å². The fourth-order valence-electron chi connectivity index (χ4n) is 3.71. The molecule has 1 fully saturated rings. The van der Waals surface area contributed by atoms with Gasteiger partial charge in [-0.1, -0.05) is 0 Å². The number of rotatable bonds is 6. The van der Waals surface area contributed by atoms with Gasteiger partial charge < -0.3 is 20.5 Å². The second kappa shape index (κ2) is 9.85. The van der Waals surface area contributed by atoms with E-state index in [4.69, 9.17) is 5.41 Å². The van der Waals surface area contributed by atoms with E-state index in [9.17, 15) is 18.0 Å². The van der Waals surface area contributed by atoms with Crippen LogP contribution in [0.25, 0.3) is 11.4 Å². The molecule has 3 heterocycles. The van der Waals surface area contributed by atoms with E-state index in [2.05, 4.69) is 30.7 Å². The number of halogens is 3. The number of aromatic nitrogens is 5. The predicted molar refractivity (Wildman–Crippen MR) is 117 cm³/mol. The predicted octanol–water partition coefficient (Wildman–Crippen LogP) is 2.60. The van der Waals surface area contributed by atoms with Gasteiger partial charge in [-0.25, -0.2) is 27.9 Å². The molecule has 2 aromatic heterocycles. The quantitative estimate of drug-likeness (QED) is 0.473. The van der Waals surface area contributed by atoms with E-state index in [0.717, 1.165) is 30.6 Å². The van der Waals surface area contributed by atoms with E-state index < -0.39 is 29.5 Å². The van der Waals surface area contributed by atoms with Crippen LogP contribution in [0.4, 0.5) is 23.9 Å². The molecule has 1 saturated heterocycles. The van der Waals surface area contributed by atoms with Gasteiger partial charge in [-0.2, -0.15) is 15.4 Å². The Bertz CT molecular complexity index is 1170. The SMILES string of the molecule is Cc1n[nH]nc1-c1nc(N2CCN(C(=O)N[C@@H](CC=N)c3cc(F)cc(F)c3)CC2)ncc1F. The second-order valence-electron chi connectivity index (χ2n) is 7.74. The first-order valence-corrected chi connectivity index (χ1v) is 10.5. The lowest BCUT2D eigenvalue weighted by Crippen LogP contribution is -2.52. The summed E-state index contributed by atoms with van der Waals surface area (Å²) in [6.45, 7) is 3.10. The maximum Gasteiger partial charge on any atom is 0.318 e. The minimum absolute atomic E-state index is 0.0354. The van der Waals surface area contributed by atoms with E-state index in [0.29, 0.717) is 43.5 Å². The van der Waals surface area contributed by atoms with Crippen LogP contribution in [0, 0.1) is 29.8 Å². The number of amides is 2. The molecule has 10 nitrogen and oxygen atoms in total. The van der Waals surface area contributed by atoms with Crippen molar-refractivity contribution >= 4 is 18.2 Å². The van der Waals surface area contributed by atoms with E-state index in [1.165, 1.54) is 0 Å². The van der Waals surface area contributed by atoms with Gasteiger partial charge >= 0.3 is 6.03 Å². The molecule has 178 valence electrons. The molecular formula is C21H22F3N9O. The van der Waals surface area contributed by atoms with Crippen LogP contribution in [0.3, 0.4) is 0 Å². The third-order valence-corrected chi connectivity index (χ3v) is 5.47. The van der Waals surface area contributed by atoms with Crippen molar-refractivity contribution < 1.29 is 18.0 Å². The number of carbonyl (C=O) groups excluding carboxylic acids is 1. The van der Waals surface area contributed by atoms with Crippen molar-refractivity contribution in [1.82, 2.24) is 35.6 Å². The van der Waals surface area contributed by atoms with Crippen LogP contribution in [0.5, 0.6) is 0 Å². The number of benzene rings is 1. The molecule has 1 atom stereocenters. The van der Waals surface area contributed by atoms with E-state index in [1.807, 2.05) is 4.90 Å². The smallest absolute Gasteiger partial charge is 0.318 e. The van der Waals surface area contributed by atoms with Crippen LogP contribution in [0.1, 0.15) is 23.7 Å². The lowest BCUT2D eigenvalue weighted by molar-refractivity contribution is 0.190. The number of urea groups is 1. The Labute approximate surface area is 192 Å². The van der Waals surface area contributed by atoms with Gasteiger partial charge in [0.25, 0.3) is 0 Å². The molecule has 0 unspecified atom stereocenters. The molecule has 3 N–H and O–H groups in total. The summed E-state index contributed by atoms with van der Waals surface area (Å²) in [5.74, 6) is -1.83. The lowest BCUT2D eigenvalue weighted by atomic mass is 10.0. The standard InChI is InChI=1S/C21H22F3N9O/c1-12-18(30-31-29-12)19-16(24)11-26-20(28-19)32-4-6-33(7-5-32)21(34)27-17(2-3-25)13-8-14(22)10-15(23)9-13/h3,8-11,17,25H,2,4-7H2,1H3,(H,27,34)(H,29,30,31)/t17-/m0/s1. The fraction of sp³-hybridized carbons (Fsp3) is 0.333. The van der Waals surface area contributed by atoms with Crippen molar-refractivity contribution in [2.45, 2.75) is 19.4 Å². The van der Waals surface area contributed by atoms with Gasteiger partial charge in [0.1, 0.15) is 23.0 Å². The molecular weight excluding hydrogens is 451 g/mol. The van der Waals surface area contributed by atoms with E-state index >= 15 is 0 Å². The average Bonchev–Trinajstić information content (AvgIpc) is 3.24. The Morgan fingerprint density at radius 3 is 2.47 bits per heavy atom. The second-order valence-corrected chi connectivity index (χ2v) is 7.74. The minimum atomic E-state index is -0.757. The number of aryl methyl sites for hydroxylation is 1. The number of piperazine rings is 1. The van der Waals surface area contributed by atoms with Crippen LogP contribution in [-0.2, 0) is 0 Å². The van der Waals surface area contributed by atoms with Crippen LogP contribution < -0.4 is 10.2 Å². The number of nitrogens with one attached hydrogen (secondary N) is 3. The minimum Gasteiger partial charge on any atom is -0.337 e. The van der Waals surface area contributed by atoms with Gasteiger partial charge in [0, 0.05) is 38.7 Å².